The van der Waals surface area contributed by atoms with Gasteiger partial charge >= 0.3 is 11.9 Å². The monoisotopic (exact) mass is 492 g/mol. The lowest BCUT2D eigenvalue weighted by atomic mass is 10.1. The van der Waals surface area contributed by atoms with Gasteiger partial charge in [0.05, 0.1) is 26.3 Å². The number of carbonyl (C=O) groups excluding carboxylic acids is 2. The molecular weight excluding hydrogens is 460 g/mol. The second-order valence-electron chi connectivity index (χ2n) is 9.28. The maximum Gasteiger partial charge on any atom is 0.335 e. The summed E-state index contributed by atoms with van der Waals surface area (Å²) in [5.41, 5.74) is 3.35. The van der Waals surface area contributed by atoms with Crippen LogP contribution >= 0.6 is 0 Å². The third kappa shape index (κ3) is 5.70. The first-order valence-corrected chi connectivity index (χ1v) is 12.3. The topological polar surface area (TPSA) is 107 Å². The average molecular weight is 493 g/mol. The number of rotatable bonds is 10. The number of ether oxygens (including phenoxy) is 2. The fraction of sp³-hybridized carbons (Fsp3) is 0.393. The van der Waals surface area contributed by atoms with Crippen molar-refractivity contribution in [2.75, 3.05) is 20.8 Å². The molecule has 4 rings (SSSR count). The highest BCUT2D eigenvalue weighted by Crippen LogP contribution is 2.28. The summed E-state index contributed by atoms with van der Waals surface area (Å²) in [6, 6.07) is 10.4. The summed E-state index contributed by atoms with van der Waals surface area (Å²) in [4.78, 5) is 36.1. The fourth-order valence-corrected chi connectivity index (χ4v) is 4.92. The molecule has 1 aromatic heterocycles. The standard InChI is InChI=1S/C28H32N2O6/c1-35-25-14-20(28(33)34)7-8-22(25)17-30-16-21(10-12-26(31)36-2)23-11-9-19(13-24(23)30)27(32)29-15-18-5-3-4-6-18/h7-9,11,13-14,16,18H,3-6,10,12,15,17H2,1-2H3,(H,29,32)(H,33,34). The van der Waals surface area contributed by atoms with Crippen LogP contribution in [0.2, 0.25) is 0 Å². The van der Waals surface area contributed by atoms with Crippen LogP contribution in [-0.2, 0) is 22.5 Å². The van der Waals surface area contributed by atoms with Gasteiger partial charge in [-0.1, -0.05) is 25.0 Å². The second-order valence-corrected chi connectivity index (χ2v) is 9.28. The van der Waals surface area contributed by atoms with Crippen LogP contribution < -0.4 is 10.1 Å². The molecule has 2 aromatic carbocycles. The molecule has 0 spiro atoms. The molecular formula is C28H32N2O6. The largest absolute Gasteiger partial charge is 0.496 e. The Balaban J connectivity index is 1.66. The number of carboxylic acid groups (broad SMARTS) is 1. The molecule has 2 N–H and O–H groups in total. The number of benzene rings is 2. The number of amides is 1. The lowest BCUT2D eigenvalue weighted by Gasteiger charge is -2.13. The number of nitrogens with one attached hydrogen (secondary N) is 1. The van der Waals surface area contributed by atoms with Crippen molar-refractivity contribution in [2.45, 2.75) is 45.1 Å². The van der Waals surface area contributed by atoms with E-state index in [4.69, 9.17) is 9.47 Å². The number of nitrogens with zero attached hydrogens (tertiary/aromatic N) is 1. The van der Waals surface area contributed by atoms with Crippen LogP contribution in [0.5, 0.6) is 5.75 Å². The van der Waals surface area contributed by atoms with Crippen LogP contribution in [0.25, 0.3) is 10.9 Å². The van der Waals surface area contributed by atoms with Crippen molar-refractivity contribution in [1.29, 1.82) is 0 Å². The Morgan fingerprint density at radius 3 is 2.47 bits per heavy atom. The van der Waals surface area contributed by atoms with Gasteiger partial charge in [-0.05, 0) is 55.0 Å². The molecule has 1 amide bonds. The van der Waals surface area contributed by atoms with Gasteiger partial charge in [0.25, 0.3) is 5.91 Å². The number of aromatic nitrogens is 1. The van der Waals surface area contributed by atoms with E-state index in [2.05, 4.69) is 5.32 Å². The Morgan fingerprint density at radius 2 is 1.78 bits per heavy atom. The molecule has 3 aromatic rings. The molecule has 1 heterocycles. The number of fused-ring (bicyclic) bond motifs is 1. The summed E-state index contributed by atoms with van der Waals surface area (Å²) in [6.07, 6.45) is 7.49. The van der Waals surface area contributed by atoms with Crippen molar-refractivity contribution in [3.05, 3.63) is 64.8 Å². The van der Waals surface area contributed by atoms with Crippen LogP contribution in [0.4, 0.5) is 0 Å². The van der Waals surface area contributed by atoms with E-state index in [9.17, 15) is 19.5 Å². The normalized spacial score (nSPS) is 13.6. The number of aryl methyl sites for hydroxylation is 1. The zero-order valence-electron chi connectivity index (χ0n) is 20.7. The second kappa shape index (κ2) is 11.3. The zero-order chi connectivity index (χ0) is 25.7. The molecule has 1 aliphatic carbocycles. The Bertz CT molecular complexity index is 1270. The Kier molecular flexibility index (Phi) is 7.93. The molecule has 1 saturated carbocycles. The van der Waals surface area contributed by atoms with E-state index in [1.165, 1.54) is 33.1 Å². The van der Waals surface area contributed by atoms with Crippen LogP contribution in [-0.4, -0.2) is 48.3 Å². The van der Waals surface area contributed by atoms with Crippen LogP contribution in [0, 0.1) is 5.92 Å². The first-order chi connectivity index (χ1) is 17.4. The molecule has 0 aliphatic heterocycles. The van der Waals surface area contributed by atoms with Gasteiger partial charge in [-0.15, -0.1) is 0 Å². The van der Waals surface area contributed by atoms with Gasteiger partial charge in [0.2, 0.25) is 0 Å². The molecule has 8 nitrogen and oxygen atoms in total. The molecule has 190 valence electrons. The average Bonchev–Trinajstić information content (AvgIpc) is 3.53. The van der Waals surface area contributed by atoms with Gasteiger partial charge in [-0.3, -0.25) is 9.59 Å². The van der Waals surface area contributed by atoms with E-state index in [0.717, 1.165) is 34.9 Å². The molecule has 0 bridgehead atoms. The molecule has 0 saturated heterocycles. The zero-order valence-corrected chi connectivity index (χ0v) is 20.7. The molecule has 1 aliphatic rings. The third-order valence-corrected chi connectivity index (χ3v) is 6.95. The molecule has 0 atom stereocenters. The van der Waals surface area contributed by atoms with Gasteiger partial charge in [0.1, 0.15) is 5.75 Å². The lowest BCUT2D eigenvalue weighted by molar-refractivity contribution is -0.140. The van der Waals surface area contributed by atoms with Gasteiger partial charge in [0.15, 0.2) is 0 Å². The van der Waals surface area contributed by atoms with Crippen LogP contribution in [0.15, 0.2) is 42.6 Å². The van der Waals surface area contributed by atoms with Crippen molar-refractivity contribution in [1.82, 2.24) is 9.88 Å². The Morgan fingerprint density at radius 1 is 1.03 bits per heavy atom. The first-order valence-electron chi connectivity index (χ1n) is 12.3. The van der Waals surface area contributed by atoms with Crippen molar-refractivity contribution in [3.8, 4) is 5.75 Å². The number of carbonyl (C=O) groups is 3. The van der Waals surface area contributed by atoms with Gasteiger partial charge in [0, 0.05) is 41.2 Å². The van der Waals surface area contributed by atoms with E-state index >= 15 is 0 Å². The third-order valence-electron chi connectivity index (χ3n) is 6.95. The van der Waals surface area contributed by atoms with Crippen molar-refractivity contribution in [2.24, 2.45) is 5.92 Å². The van der Waals surface area contributed by atoms with Crippen LogP contribution in [0.3, 0.4) is 0 Å². The van der Waals surface area contributed by atoms with Crippen LogP contribution in [0.1, 0.15) is 63.9 Å². The first kappa shape index (κ1) is 25.3. The number of hydrogen-bond donors (Lipinski definition) is 2. The number of hydrogen-bond acceptors (Lipinski definition) is 5. The molecule has 1 fully saturated rings. The predicted molar refractivity (Wildman–Crippen MR) is 136 cm³/mol. The number of aromatic carboxylic acids is 1. The minimum Gasteiger partial charge on any atom is -0.496 e. The highest BCUT2D eigenvalue weighted by atomic mass is 16.5. The fourth-order valence-electron chi connectivity index (χ4n) is 4.92. The highest BCUT2D eigenvalue weighted by molar-refractivity contribution is 5.98. The number of carboxylic acids is 1. The lowest BCUT2D eigenvalue weighted by Crippen LogP contribution is -2.28. The summed E-state index contributed by atoms with van der Waals surface area (Å²) in [7, 11) is 2.88. The van der Waals surface area contributed by atoms with Crippen molar-refractivity contribution >= 4 is 28.7 Å². The molecule has 0 unspecified atom stereocenters. The van der Waals surface area contributed by atoms with Crippen molar-refractivity contribution < 1.29 is 29.0 Å². The van der Waals surface area contributed by atoms with E-state index in [-0.39, 0.29) is 23.9 Å². The van der Waals surface area contributed by atoms with E-state index in [1.807, 2.05) is 29.0 Å². The summed E-state index contributed by atoms with van der Waals surface area (Å²) < 4.78 is 12.3. The summed E-state index contributed by atoms with van der Waals surface area (Å²) in [5.74, 6) is -0.392. The minimum absolute atomic E-state index is 0.101. The van der Waals surface area contributed by atoms with E-state index in [1.54, 1.807) is 12.1 Å². The quantitative estimate of drug-likeness (QED) is 0.406. The molecule has 36 heavy (non-hydrogen) atoms. The maximum atomic E-state index is 12.9. The predicted octanol–water partition coefficient (Wildman–Crippen LogP) is 4.42. The smallest absolute Gasteiger partial charge is 0.335 e. The van der Waals surface area contributed by atoms with Gasteiger partial charge < -0.3 is 24.5 Å². The number of methoxy groups -OCH3 is 2. The molecule has 8 heteroatoms. The summed E-state index contributed by atoms with van der Waals surface area (Å²) >= 11 is 0. The number of esters is 1. The Hall–Kier alpha value is -3.81. The Labute approximate surface area is 210 Å². The van der Waals surface area contributed by atoms with E-state index < -0.39 is 5.97 Å². The minimum atomic E-state index is -1.02. The summed E-state index contributed by atoms with van der Waals surface area (Å²) in [6.45, 7) is 1.10. The molecule has 0 radical (unpaired) electrons. The highest BCUT2D eigenvalue weighted by Gasteiger charge is 2.18. The maximum absolute atomic E-state index is 12.9. The van der Waals surface area contributed by atoms with Crippen molar-refractivity contribution in [3.63, 3.8) is 0 Å². The summed E-state index contributed by atoms with van der Waals surface area (Å²) in [5, 5.41) is 13.3. The van der Waals surface area contributed by atoms with E-state index in [0.29, 0.717) is 36.7 Å². The SMILES string of the molecule is COC(=O)CCc1cn(Cc2ccc(C(=O)O)cc2OC)c2cc(C(=O)NCC3CCCC3)ccc12. The van der Waals surface area contributed by atoms with Gasteiger partial charge in [-0.2, -0.15) is 0 Å². The van der Waals surface area contributed by atoms with Gasteiger partial charge in [-0.25, -0.2) is 4.79 Å².